The molecule has 2 aromatic carbocycles. The zero-order chi connectivity index (χ0) is 18.4. The molecule has 25 heavy (non-hydrogen) atoms. The van der Waals surface area contributed by atoms with E-state index in [0.717, 1.165) is 10.0 Å². The van der Waals surface area contributed by atoms with Gasteiger partial charge in [0.15, 0.2) is 0 Å². The maximum Gasteiger partial charge on any atom is 0.310 e. The molecule has 0 fully saturated rings. The SMILES string of the molecule is CCOc1cccc(OC(=O)CC)c1COc1cc(Cl)c(C)cc1Br. The van der Waals surface area contributed by atoms with Gasteiger partial charge in [-0.2, -0.15) is 0 Å². The molecule has 2 rings (SSSR count). The third kappa shape index (κ3) is 5.13. The van der Waals surface area contributed by atoms with Crippen LogP contribution in [0.5, 0.6) is 17.2 Å². The molecule has 0 bridgehead atoms. The average molecular weight is 428 g/mol. The van der Waals surface area contributed by atoms with Crippen LogP contribution in [0.1, 0.15) is 31.4 Å². The molecule has 2 aromatic rings. The number of hydrogen-bond donors (Lipinski definition) is 0. The highest BCUT2D eigenvalue weighted by atomic mass is 79.9. The summed E-state index contributed by atoms with van der Waals surface area (Å²) in [5.41, 5.74) is 1.63. The monoisotopic (exact) mass is 426 g/mol. The van der Waals surface area contributed by atoms with Crippen molar-refractivity contribution in [1.82, 2.24) is 0 Å². The molecule has 134 valence electrons. The molecule has 0 heterocycles. The average Bonchev–Trinajstić information content (AvgIpc) is 2.58. The molecule has 0 radical (unpaired) electrons. The molecular formula is C19H20BrClO4. The fourth-order valence-electron chi connectivity index (χ4n) is 2.16. The zero-order valence-corrected chi connectivity index (χ0v) is 16.7. The van der Waals surface area contributed by atoms with Crippen LogP contribution >= 0.6 is 27.5 Å². The van der Waals surface area contributed by atoms with Crippen LogP contribution in [-0.4, -0.2) is 12.6 Å². The van der Waals surface area contributed by atoms with Gasteiger partial charge in [-0.05, 0) is 53.5 Å². The predicted octanol–water partition coefficient (Wildman–Crippen LogP) is 5.70. The summed E-state index contributed by atoms with van der Waals surface area (Å²) < 4.78 is 17.8. The summed E-state index contributed by atoms with van der Waals surface area (Å²) in [6.45, 7) is 6.24. The molecule has 0 N–H and O–H groups in total. The van der Waals surface area contributed by atoms with Crippen LogP contribution in [0.15, 0.2) is 34.8 Å². The van der Waals surface area contributed by atoms with E-state index >= 15 is 0 Å². The van der Waals surface area contributed by atoms with Crippen molar-refractivity contribution in [3.8, 4) is 17.2 Å². The highest BCUT2D eigenvalue weighted by Gasteiger charge is 2.15. The van der Waals surface area contributed by atoms with Crippen molar-refractivity contribution in [1.29, 1.82) is 0 Å². The number of carbonyl (C=O) groups excluding carboxylic acids is 1. The van der Waals surface area contributed by atoms with E-state index < -0.39 is 0 Å². The first-order valence-corrected chi connectivity index (χ1v) is 9.17. The van der Waals surface area contributed by atoms with Crippen LogP contribution in [0, 0.1) is 6.92 Å². The quantitative estimate of drug-likeness (QED) is 0.420. The van der Waals surface area contributed by atoms with E-state index in [0.29, 0.717) is 34.4 Å². The highest BCUT2D eigenvalue weighted by Crippen LogP contribution is 2.34. The Hall–Kier alpha value is -1.72. The molecule has 0 saturated heterocycles. The standard InChI is InChI=1S/C19H20BrClO4/c1-4-19(22)25-17-8-6-7-16(23-5-2)13(17)11-24-18-10-15(21)12(3)9-14(18)20/h6-10H,4-5,11H2,1-3H3. The first-order valence-electron chi connectivity index (χ1n) is 8.00. The van der Waals surface area contributed by atoms with Gasteiger partial charge in [-0.1, -0.05) is 24.6 Å². The Morgan fingerprint density at radius 3 is 2.52 bits per heavy atom. The number of aryl methyl sites for hydroxylation is 1. The molecule has 0 aliphatic rings. The minimum Gasteiger partial charge on any atom is -0.493 e. The van der Waals surface area contributed by atoms with Gasteiger partial charge in [0, 0.05) is 17.5 Å². The number of benzene rings is 2. The lowest BCUT2D eigenvalue weighted by atomic mass is 10.2. The zero-order valence-electron chi connectivity index (χ0n) is 14.4. The van der Waals surface area contributed by atoms with Crippen molar-refractivity contribution in [2.75, 3.05) is 6.61 Å². The lowest BCUT2D eigenvalue weighted by molar-refractivity contribution is -0.134. The Morgan fingerprint density at radius 2 is 1.84 bits per heavy atom. The Bertz CT molecular complexity index is 761. The number of halogens is 2. The van der Waals surface area contributed by atoms with E-state index in [1.807, 2.05) is 26.0 Å². The van der Waals surface area contributed by atoms with Gasteiger partial charge in [-0.25, -0.2) is 0 Å². The van der Waals surface area contributed by atoms with Crippen LogP contribution in [0.3, 0.4) is 0 Å². The molecule has 0 aliphatic heterocycles. The summed E-state index contributed by atoms with van der Waals surface area (Å²) >= 11 is 9.65. The Labute approximate surface area is 161 Å². The lowest BCUT2D eigenvalue weighted by Crippen LogP contribution is -2.10. The summed E-state index contributed by atoms with van der Waals surface area (Å²) in [5, 5.41) is 0.619. The van der Waals surface area contributed by atoms with E-state index in [-0.39, 0.29) is 19.0 Å². The van der Waals surface area contributed by atoms with Crippen LogP contribution in [0.4, 0.5) is 0 Å². The van der Waals surface area contributed by atoms with E-state index in [9.17, 15) is 4.79 Å². The molecule has 0 spiro atoms. The first-order chi connectivity index (χ1) is 12.0. The fraction of sp³-hybridized carbons (Fsp3) is 0.316. The molecule has 0 saturated carbocycles. The molecule has 4 nitrogen and oxygen atoms in total. The number of hydrogen-bond acceptors (Lipinski definition) is 4. The van der Waals surface area contributed by atoms with Crippen molar-refractivity contribution < 1.29 is 19.0 Å². The fourth-order valence-corrected chi connectivity index (χ4v) is 2.88. The van der Waals surface area contributed by atoms with Gasteiger partial charge in [0.2, 0.25) is 0 Å². The second-order valence-electron chi connectivity index (χ2n) is 5.31. The molecule has 0 unspecified atom stereocenters. The smallest absolute Gasteiger partial charge is 0.310 e. The third-order valence-corrected chi connectivity index (χ3v) is 4.51. The molecule has 0 aromatic heterocycles. The van der Waals surface area contributed by atoms with E-state index in [1.54, 1.807) is 25.1 Å². The second kappa shape index (κ2) is 9.11. The van der Waals surface area contributed by atoms with Gasteiger partial charge in [0.05, 0.1) is 16.6 Å². The number of ether oxygens (including phenoxy) is 3. The van der Waals surface area contributed by atoms with Crippen molar-refractivity contribution in [2.45, 2.75) is 33.8 Å². The van der Waals surface area contributed by atoms with Crippen LogP contribution in [-0.2, 0) is 11.4 Å². The van der Waals surface area contributed by atoms with Gasteiger partial charge < -0.3 is 14.2 Å². The molecular weight excluding hydrogens is 408 g/mol. The summed E-state index contributed by atoms with van der Waals surface area (Å²) in [4.78, 5) is 11.7. The molecule has 0 aliphatic carbocycles. The minimum absolute atomic E-state index is 0.181. The molecule has 0 amide bonds. The van der Waals surface area contributed by atoms with Gasteiger partial charge in [0.25, 0.3) is 0 Å². The van der Waals surface area contributed by atoms with Gasteiger partial charge in [-0.15, -0.1) is 0 Å². The van der Waals surface area contributed by atoms with Gasteiger partial charge >= 0.3 is 5.97 Å². The topological polar surface area (TPSA) is 44.8 Å². The summed E-state index contributed by atoms with van der Waals surface area (Å²) in [7, 11) is 0. The van der Waals surface area contributed by atoms with E-state index in [2.05, 4.69) is 15.9 Å². The second-order valence-corrected chi connectivity index (χ2v) is 6.58. The van der Waals surface area contributed by atoms with Crippen molar-refractivity contribution in [3.05, 3.63) is 51.0 Å². The van der Waals surface area contributed by atoms with Crippen molar-refractivity contribution in [3.63, 3.8) is 0 Å². The Balaban J connectivity index is 2.30. The maximum atomic E-state index is 11.7. The lowest BCUT2D eigenvalue weighted by Gasteiger charge is -2.16. The highest BCUT2D eigenvalue weighted by molar-refractivity contribution is 9.10. The number of esters is 1. The Morgan fingerprint density at radius 1 is 1.12 bits per heavy atom. The van der Waals surface area contributed by atoms with Gasteiger partial charge in [-0.3, -0.25) is 4.79 Å². The summed E-state index contributed by atoms with van der Waals surface area (Å²) in [6, 6.07) is 8.98. The van der Waals surface area contributed by atoms with Gasteiger partial charge in [0.1, 0.15) is 23.9 Å². The van der Waals surface area contributed by atoms with E-state index in [1.165, 1.54) is 0 Å². The third-order valence-electron chi connectivity index (χ3n) is 3.49. The predicted molar refractivity (Wildman–Crippen MR) is 102 cm³/mol. The number of rotatable bonds is 7. The normalized spacial score (nSPS) is 10.4. The summed E-state index contributed by atoms with van der Waals surface area (Å²) in [6.07, 6.45) is 0.290. The van der Waals surface area contributed by atoms with Crippen molar-refractivity contribution >= 4 is 33.5 Å². The number of carbonyl (C=O) groups is 1. The van der Waals surface area contributed by atoms with Crippen LogP contribution in [0.25, 0.3) is 0 Å². The molecule has 0 atom stereocenters. The van der Waals surface area contributed by atoms with Crippen LogP contribution in [0.2, 0.25) is 5.02 Å². The minimum atomic E-state index is -0.311. The largest absolute Gasteiger partial charge is 0.493 e. The summed E-state index contributed by atoms with van der Waals surface area (Å²) in [5.74, 6) is 1.36. The maximum absolute atomic E-state index is 11.7. The molecule has 6 heteroatoms. The van der Waals surface area contributed by atoms with Crippen molar-refractivity contribution in [2.24, 2.45) is 0 Å². The van der Waals surface area contributed by atoms with E-state index in [4.69, 9.17) is 25.8 Å². The Kier molecular flexibility index (Phi) is 7.14. The first kappa shape index (κ1) is 19.6. The van der Waals surface area contributed by atoms with Crippen LogP contribution < -0.4 is 14.2 Å².